The molecule has 0 unspecified atom stereocenters. The Kier molecular flexibility index (Phi) is 4.82. The van der Waals surface area contributed by atoms with E-state index in [1.54, 1.807) is 13.0 Å². The minimum atomic E-state index is -0.829. The Hall–Kier alpha value is -1.63. The number of hydrogen-bond donors (Lipinski definition) is 2. The van der Waals surface area contributed by atoms with Crippen molar-refractivity contribution >= 4 is 33.6 Å². The lowest BCUT2D eigenvalue weighted by Crippen LogP contribution is -2.42. The van der Waals surface area contributed by atoms with Crippen molar-refractivity contribution in [1.82, 2.24) is 4.90 Å². The molecule has 0 atom stereocenters. The molecule has 114 valence electrons. The zero-order valence-electron chi connectivity index (χ0n) is 11.5. The third kappa shape index (κ3) is 3.53. The second-order valence-corrected chi connectivity index (χ2v) is 5.92. The number of carboxylic acid groups (broad SMARTS) is 1. The van der Waals surface area contributed by atoms with E-state index in [9.17, 15) is 14.0 Å². The van der Waals surface area contributed by atoms with Crippen molar-refractivity contribution < 1.29 is 19.1 Å². The van der Waals surface area contributed by atoms with E-state index in [1.807, 2.05) is 0 Å². The Morgan fingerprint density at radius 1 is 1.38 bits per heavy atom. The maximum Gasteiger partial charge on any atom is 0.321 e. The van der Waals surface area contributed by atoms with Crippen LogP contribution in [0.5, 0.6) is 0 Å². The highest BCUT2D eigenvalue weighted by Gasteiger charge is 2.27. The molecule has 2 amide bonds. The van der Waals surface area contributed by atoms with Crippen LogP contribution >= 0.6 is 15.9 Å². The zero-order valence-corrected chi connectivity index (χ0v) is 13.1. The summed E-state index contributed by atoms with van der Waals surface area (Å²) in [4.78, 5) is 24.5. The standard InChI is InChI=1S/C14H16BrFN2O3/c1-8-10(15)2-3-11(12(8)16)17-14(21)18-6-4-9(5-7-18)13(19)20/h2-3,9H,4-7H2,1H3,(H,17,21)(H,19,20). The van der Waals surface area contributed by atoms with Gasteiger partial charge >= 0.3 is 12.0 Å². The molecule has 1 aromatic rings. The molecule has 1 aromatic carbocycles. The fourth-order valence-electron chi connectivity index (χ4n) is 2.28. The van der Waals surface area contributed by atoms with Gasteiger partial charge in [0, 0.05) is 23.1 Å². The molecule has 2 N–H and O–H groups in total. The fraction of sp³-hybridized carbons (Fsp3) is 0.429. The van der Waals surface area contributed by atoms with Crippen molar-refractivity contribution in [3.63, 3.8) is 0 Å². The largest absolute Gasteiger partial charge is 0.481 e. The molecular weight excluding hydrogens is 343 g/mol. The average Bonchev–Trinajstić information content (AvgIpc) is 2.48. The van der Waals surface area contributed by atoms with Crippen molar-refractivity contribution in [2.24, 2.45) is 5.92 Å². The van der Waals surface area contributed by atoms with Crippen LogP contribution in [0.15, 0.2) is 16.6 Å². The number of rotatable bonds is 2. The lowest BCUT2D eigenvalue weighted by Gasteiger charge is -2.30. The molecule has 0 aromatic heterocycles. The van der Waals surface area contributed by atoms with E-state index in [0.29, 0.717) is 36.0 Å². The van der Waals surface area contributed by atoms with Gasteiger partial charge in [0.25, 0.3) is 0 Å². The maximum absolute atomic E-state index is 14.0. The molecule has 21 heavy (non-hydrogen) atoms. The Balaban J connectivity index is 2.00. The number of aliphatic carboxylic acids is 1. The Morgan fingerprint density at radius 3 is 2.57 bits per heavy atom. The van der Waals surface area contributed by atoms with E-state index < -0.39 is 23.7 Å². The molecule has 1 fully saturated rings. The number of nitrogens with one attached hydrogen (secondary N) is 1. The third-order valence-electron chi connectivity index (χ3n) is 3.69. The van der Waals surface area contributed by atoms with Gasteiger partial charge in [-0.15, -0.1) is 0 Å². The van der Waals surface area contributed by atoms with Gasteiger partial charge in [-0.1, -0.05) is 15.9 Å². The third-order valence-corrected chi connectivity index (χ3v) is 4.55. The second kappa shape index (κ2) is 6.43. The summed E-state index contributed by atoms with van der Waals surface area (Å²) in [6.07, 6.45) is 0.842. The van der Waals surface area contributed by atoms with E-state index in [-0.39, 0.29) is 5.69 Å². The Bertz CT molecular complexity index is 572. The molecule has 0 radical (unpaired) electrons. The molecule has 1 heterocycles. The summed E-state index contributed by atoms with van der Waals surface area (Å²) in [5.74, 6) is -1.71. The van der Waals surface area contributed by atoms with Crippen molar-refractivity contribution in [3.8, 4) is 0 Å². The summed E-state index contributed by atoms with van der Waals surface area (Å²) < 4.78 is 14.7. The summed E-state index contributed by atoms with van der Waals surface area (Å²) in [5.41, 5.74) is 0.554. The first-order valence-corrected chi connectivity index (χ1v) is 7.42. The van der Waals surface area contributed by atoms with E-state index in [4.69, 9.17) is 5.11 Å². The van der Waals surface area contributed by atoms with Crippen molar-refractivity contribution in [3.05, 3.63) is 28.0 Å². The highest BCUT2D eigenvalue weighted by molar-refractivity contribution is 9.10. The van der Waals surface area contributed by atoms with Crippen LogP contribution in [0.25, 0.3) is 0 Å². The number of anilines is 1. The van der Waals surface area contributed by atoms with Gasteiger partial charge in [-0.3, -0.25) is 4.79 Å². The quantitative estimate of drug-likeness (QED) is 0.852. The molecule has 0 saturated carbocycles. The van der Waals surface area contributed by atoms with Crippen LogP contribution in [0.2, 0.25) is 0 Å². The van der Waals surface area contributed by atoms with Crippen LogP contribution in [-0.4, -0.2) is 35.1 Å². The minimum Gasteiger partial charge on any atom is -0.481 e. The smallest absolute Gasteiger partial charge is 0.321 e. The molecule has 1 aliphatic rings. The van der Waals surface area contributed by atoms with Gasteiger partial charge in [0.1, 0.15) is 0 Å². The number of benzene rings is 1. The van der Waals surface area contributed by atoms with Gasteiger partial charge in [-0.2, -0.15) is 0 Å². The molecule has 1 aliphatic heterocycles. The summed E-state index contributed by atoms with van der Waals surface area (Å²) >= 11 is 3.22. The summed E-state index contributed by atoms with van der Waals surface area (Å²) in [6.45, 7) is 2.34. The van der Waals surface area contributed by atoms with Crippen molar-refractivity contribution in [2.45, 2.75) is 19.8 Å². The molecule has 1 saturated heterocycles. The van der Waals surface area contributed by atoms with Crippen LogP contribution in [0, 0.1) is 18.7 Å². The van der Waals surface area contributed by atoms with Gasteiger partial charge in [-0.05, 0) is 31.9 Å². The average molecular weight is 359 g/mol. The van der Waals surface area contributed by atoms with Crippen LogP contribution < -0.4 is 5.32 Å². The molecule has 0 bridgehead atoms. The zero-order chi connectivity index (χ0) is 15.6. The minimum absolute atomic E-state index is 0.126. The van der Waals surface area contributed by atoms with Crippen molar-refractivity contribution in [2.75, 3.05) is 18.4 Å². The number of likely N-dealkylation sites (tertiary alicyclic amines) is 1. The molecular formula is C14H16BrFN2O3. The first kappa shape index (κ1) is 15.8. The molecule has 5 nitrogen and oxygen atoms in total. The Labute approximate surface area is 130 Å². The molecule has 2 rings (SSSR count). The SMILES string of the molecule is Cc1c(Br)ccc(NC(=O)N2CCC(C(=O)O)CC2)c1F. The lowest BCUT2D eigenvalue weighted by atomic mass is 9.97. The van der Waals surface area contributed by atoms with Gasteiger partial charge in [0.15, 0.2) is 5.82 Å². The molecule has 0 spiro atoms. The summed E-state index contributed by atoms with van der Waals surface area (Å²) in [5, 5.41) is 11.5. The van der Waals surface area contributed by atoms with E-state index in [2.05, 4.69) is 21.2 Å². The lowest BCUT2D eigenvalue weighted by molar-refractivity contribution is -0.143. The number of urea groups is 1. The number of amides is 2. The number of carbonyl (C=O) groups is 2. The van der Waals surface area contributed by atoms with Crippen LogP contribution in [-0.2, 0) is 4.79 Å². The van der Waals surface area contributed by atoms with E-state index in [1.165, 1.54) is 11.0 Å². The highest BCUT2D eigenvalue weighted by atomic mass is 79.9. The summed E-state index contributed by atoms with van der Waals surface area (Å²) in [6, 6.07) is 2.76. The first-order chi connectivity index (χ1) is 9.90. The van der Waals surface area contributed by atoms with E-state index in [0.717, 1.165) is 0 Å². The highest BCUT2D eigenvalue weighted by Crippen LogP contribution is 2.26. The number of piperidine rings is 1. The van der Waals surface area contributed by atoms with Crippen molar-refractivity contribution in [1.29, 1.82) is 0 Å². The number of carbonyl (C=O) groups excluding carboxylic acids is 1. The predicted molar refractivity (Wildman–Crippen MR) is 79.8 cm³/mol. The monoisotopic (exact) mass is 358 g/mol. The molecule has 7 heteroatoms. The second-order valence-electron chi connectivity index (χ2n) is 5.06. The normalized spacial score (nSPS) is 15.9. The van der Waals surface area contributed by atoms with Crippen LogP contribution in [0.3, 0.4) is 0 Å². The van der Waals surface area contributed by atoms with Gasteiger partial charge in [0.2, 0.25) is 0 Å². The number of carboxylic acids is 1. The van der Waals surface area contributed by atoms with Gasteiger partial charge < -0.3 is 15.3 Å². The van der Waals surface area contributed by atoms with Gasteiger partial charge in [-0.25, -0.2) is 9.18 Å². The molecule has 0 aliphatic carbocycles. The van der Waals surface area contributed by atoms with Crippen LogP contribution in [0.4, 0.5) is 14.9 Å². The topological polar surface area (TPSA) is 69.6 Å². The number of nitrogens with zero attached hydrogens (tertiary/aromatic N) is 1. The van der Waals surface area contributed by atoms with Gasteiger partial charge in [0.05, 0.1) is 11.6 Å². The predicted octanol–water partition coefficient (Wildman–Crippen LogP) is 3.23. The summed E-state index contributed by atoms with van der Waals surface area (Å²) in [7, 11) is 0. The number of halogens is 2. The van der Waals surface area contributed by atoms with E-state index >= 15 is 0 Å². The maximum atomic E-state index is 14.0. The Morgan fingerprint density at radius 2 is 2.00 bits per heavy atom. The first-order valence-electron chi connectivity index (χ1n) is 6.63. The van der Waals surface area contributed by atoms with Crippen LogP contribution in [0.1, 0.15) is 18.4 Å². The number of hydrogen-bond acceptors (Lipinski definition) is 2. The fourth-order valence-corrected chi connectivity index (χ4v) is 2.59.